The van der Waals surface area contributed by atoms with Crippen molar-refractivity contribution in [2.24, 2.45) is 5.92 Å². The summed E-state index contributed by atoms with van der Waals surface area (Å²) >= 11 is 0. The average Bonchev–Trinajstić information content (AvgIpc) is 2.90. The number of hydrogen-bond donors (Lipinski definition) is 2. The molecule has 0 amide bonds. The van der Waals surface area contributed by atoms with Gasteiger partial charge in [-0.3, -0.25) is 0 Å². The predicted molar refractivity (Wildman–Crippen MR) is 69.0 cm³/mol. The molecule has 1 aliphatic rings. The van der Waals surface area contributed by atoms with E-state index < -0.39 is 0 Å². The first-order valence-electron chi connectivity index (χ1n) is 6.38. The van der Waals surface area contributed by atoms with Crippen LogP contribution in [0.3, 0.4) is 0 Å². The normalized spacial score (nSPS) is 21.4. The van der Waals surface area contributed by atoms with Crippen LogP contribution in [0.5, 0.6) is 0 Å². The maximum absolute atomic E-state index is 9.30. The van der Waals surface area contributed by atoms with E-state index in [1.807, 2.05) is 24.3 Å². The summed E-state index contributed by atoms with van der Waals surface area (Å²) in [6.45, 7) is 4.01. The van der Waals surface area contributed by atoms with Crippen LogP contribution in [0.25, 0.3) is 0 Å². The van der Waals surface area contributed by atoms with Crippen molar-refractivity contribution in [1.29, 1.82) is 0 Å². The smallest absolute Gasteiger partial charge is 0.0701 e. The second-order valence-corrected chi connectivity index (χ2v) is 4.60. The highest BCUT2D eigenvalue weighted by Crippen LogP contribution is 2.24. The fraction of sp³-hybridized carbons (Fsp3) is 0.571. The van der Waals surface area contributed by atoms with Gasteiger partial charge in [-0.2, -0.15) is 0 Å². The maximum atomic E-state index is 9.30. The van der Waals surface area contributed by atoms with Crippen LogP contribution < -0.4 is 5.32 Å². The molecule has 0 bridgehead atoms. The molecule has 1 aromatic carbocycles. The van der Waals surface area contributed by atoms with Crippen molar-refractivity contribution in [2.75, 3.05) is 18.5 Å². The van der Waals surface area contributed by atoms with Crippen LogP contribution in [0.4, 0.5) is 5.69 Å². The minimum absolute atomic E-state index is 0.0841. The first-order valence-corrected chi connectivity index (χ1v) is 6.38. The highest BCUT2D eigenvalue weighted by atomic mass is 16.5. The maximum Gasteiger partial charge on any atom is 0.0701 e. The van der Waals surface area contributed by atoms with Gasteiger partial charge in [-0.05, 0) is 18.9 Å². The van der Waals surface area contributed by atoms with E-state index in [4.69, 9.17) is 4.74 Å². The topological polar surface area (TPSA) is 41.5 Å². The number of nitrogens with one attached hydrogen (secondary N) is 1. The molecule has 2 unspecified atom stereocenters. The van der Waals surface area contributed by atoms with Crippen LogP contribution >= 0.6 is 0 Å². The molecule has 0 spiro atoms. The molecule has 0 saturated carbocycles. The third-order valence-corrected chi connectivity index (χ3v) is 3.50. The van der Waals surface area contributed by atoms with Crippen LogP contribution in [-0.4, -0.2) is 24.4 Å². The molecule has 17 heavy (non-hydrogen) atoms. The summed E-state index contributed by atoms with van der Waals surface area (Å²) in [5.74, 6) is 0.590. The van der Waals surface area contributed by atoms with Gasteiger partial charge in [0, 0.05) is 29.8 Å². The number of hydrogen-bond acceptors (Lipinski definition) is 3. The molecule has 1 aliphatic heterocycles. The van der Waals surface area contributed by atoms with Crippen LogP contribution in [0.2, 0.25) is 0 Å². The van der Waals surface area contributed by atoms with Crippen molar-refractivity contribution in [3.8, 4) is 0 Å². The van der Waals surface area contributed by atoms with Crippen molar-refractivity contribution < 1.29 is 9.84 Å². The number of aliphatic hydroxyl groups is 1. The lowest BCUT2D eigenvalue weighted by Gasteiger charge is -2.24. The van der Waals surface area contributed by atoms with Crippen molar-refractivity contribution in [2.45, 2.75) is 32.4 Å². The summed E-state index contributed by atoms with van der Waals surface area (Å²) in [6, 6.07) is 8.38. The summed E-state index contributed by atoms with van der Waals surface area (Å²) in [6.07, 6.45) is 2.21. The molecule has 0 radical (unpaired) electrons. The predicted octanol–water partition coefficient (Wildman–Crippen LogP) is 2.41. The largest absolute Gasteiger partial charge is 0.392 e. The lowest BCUT2D eigenvalue weighted by molar-refractivity contribution is 0.182. The molecule has 3 heteroatoms. The van der Waals surface area contributed by atoms with Crippen LogP contribution in [-0.2, 0) is 11.3 Å². The van der Waals surface area contributed by atoms with Gasteiger partial charge in [-0.25, -0.2) is 0 Å². The van der Waals surface area contributed by atoms with E-state index in [2.05, 4.69) is 12.2 Å². The van der Waals surface area contributed by atoms with Gasteiger partial charge in [0.25, 0.3) is 0 Å². The number of para-hydroxylation sites is 1. The van der Waals surface area contributed by atoms with Crippen molar-refractivity contribution in [1.82, 2.24) is 0 Å². The van der Waals surface area contributed by atoms with Gasteiger partial charge in [0.2, 0.25) is 0 Å². The van der Waals surface area contributed by atoms with Gasteiger partial charge in [0.1, 0.15) is 0 Å². The standard InChI is InChI=1S/C14H21NO2/c1-2-13(12-7-8-17-10-12)15-14-6-4-3-5-11(14)9-16/h3-6,12-13,15-16H,2,7-10H2,1H3. The van der Waals surface area contributed by atoms with E-state index in [0.29, 0.717) is 12.0 Å². The van der Waals surface area contributed by atoms with E-state index in [9.17, 15) is 5.11 Å². The van der Waals surface area contributed by atoms with E-state index >= 15 is 0 Å². The Labute approximate surface area is 103 Å². The molecule has 2 atom stereocenters. The molecule has 1 aromatic rings. The third kappa shape index (κ3) is 2.99. The van der Waals surface area contributed by atoms with Crippen molar-refractivity contribution in [3.63, 3.8) is 0 Å². The molecule has 2 rings (SSSR count). The van der Waals surface area contributed by atoms with Gasteiger partial charge in [-0.1, -0.05) is 25.1 Å². The third-order valence-electron chi connectivity index (χ3n) is 3.50. The quantitative estimate of drug-likeness (QED) is 0.823. The first-order chi connectivity index (χ1) is 8.35. The van der Waals surface area contributed by atoms with Gasteiger partial charge < -0.3 is 15.2 Å². The number of benzene rings is 1. The summed E-state index contributed by atoms with van der Waals surface area (Å²) in [7, 11) is 0. The zero-order valence-electron chi connectivity index (χ0n) is 10.4. The lowest BCUT2D eigenvalue weighted by Crippen LogP contribution is -2.29. The van der Waals surface area contributed by atoms with Crippen molar-refractivity contribution in [3.05, 3.63) is 29.8 Å². The molecule has 2 N–H and O–H groups in total. The molecule has 0 aromatic heterocycles. The van der Waals surface area contributed by atoms with Gasteiger partial charge in [-0.15, -0.1) is 0 Å². The summed E-state index contributed by atoms with van der Waals surface area (Å²) < 4.78 is 5.44. The minimum atomic E-state index is 0.0841. The molecule has 1 heterocycles. The van der Waals surface area contributed by atoms with Gasteiger partial charge in [0.05, 0.1) is 13.2 Å². The molecule has 3 nitrogen and oxygen atoms in total. The Morgan fingerprint density at radius 1 is 1.47 bits per heavy atom. The highest BCUT2D eigenvalue weighted by Gasteiger charge is 2.24. The van der Waals surface area contributed by atoms with Crippen molar-refractivity contribution >= 4 is 5.69 Å². The van der Waals surface area contributed by atoms with E-state index in [1.165, 1.54) is 0 Å². The van der Waals surface area contributed by atoms with Gasteiger partial charge in [0.15, 0.2) is 0 Å². The highest BCUT2D eigenvalue weighted by molar-refractivity contribution is 5.51. The molecule has 0 aliphatic carbocycles. The molecule has 1 fully saturated rings. The Bertz CT molecular complexity index is 348. The summed E-state index contributed by atoms with van der Waals surface area (Å²) in [5.41, 5.74) is 2.01. The minimum Gasteiger partial charge on any atom is -0.392 e. The average molecular weight is 235 g/mol. The zero-order chi connectivity index (χ0) is 12.1. The Morgan fingerprint density at radius 3 is 2.94 bits per heavy atom. The van der Waals surface area contributed by atoms with Crippen LogP contribution in [0.1, 0.15) is 25.3 Å². The van der Waals surface area contributed by atoms with Crippen LogP contribution in [0.15, 0.2) is 24.3 Å². The molecular formula is C14H21NO2. The number of rotatable bonds is 5. The fourth-order valence-corrected chi connectivity index (χ4v) is 2.42. The van der Waals surface area contributed by atoms with E-state index in [1.54, 1.807) is 0 Å². The Kier molecular flexibility index (Phi) is 4.40. The zero-order valence-corrected chi connectivity index (χ0v) is 10.4. The first kappa shape index (κ1) is 12.4. The molecule has 94 valence electrons. The van der Waals surface area contributed by atoms with E-state index in [-0.39, 0.29) is 6.61 Å². The van der Waals surface area contributed by atoms with Crippen LogP contribution in [0, 0.1) is 5.92 Å². The Morgan fingerprint density at radius 2 is 2.29 bits per heavy atom. The Hall–Kier alpha value is -1.06. The SMILES string of the molecule is CCC(Nc1ccccc1CO)C1CCOC1. The molecule has 1 saturated heterocycles. The second-order valence-electron chi connectivity index (χ2n) is 4.60. The molecular weight excluding hydrogens is 214 g/mol. The Balaban J connectivity index is 2.06. The fourth-order valence-electron chi connectivity index (χ4n) is 2.42. The monoisotopic (exact) mass is 235 g/mol. The van der Waals surface area contributed by atoms with E-state index in [0.717, 1.165) is 37.3 Å². The summed E-state index contributed by atoms with van der Waals surface area (Å²) in [5, 5.41) is 12.9. The van der Waals surface area contributed by atoms with Gasteiger partial charge >= 0.3 is 0 Å². The number of anilines is 1. The summed E-state index contributed by atoms with van der Waals surface area (Å²) in [4.78, 5) is 0. The lowest BCUT2D eigenvalue weighted by atomic mass is 9.96. The second kappa shape index (κ2) is 6.03. The number of aliphatic hydroxyl groups excluding tert-OH is 1. The number of ether oxygens (including phenoxy) is 1.